The monoisotopic (exact) mass is 384 g/mol. The van der Waals surface area contributed by atoms with Crippen LogP contribution in [-0.2, 0) is 9.47 Å². The number of ether oxygens (including phenoxy) is 2. The number of hydrogen-bond donors (Lipinski definition) is 2. The lowest BCUT2D eigenvalue weighted by atomic mass is 10.2. The highest BCUT2D eigenvalue weighted by atomic mass is 16.5. The first-order valence-electron chi connectivity index (χ1n) is 9.40. The molecule has 0 amide bonds. The van der Waals surface area contributed by atoms with Crippen LogP contribution in [0.2, 0.25) is 0 Å². The number of phenolic OH excluding ortho intramolecular Hbond substituents is 1. The van der Waals surface area contributed by atoms with Crippen LogP contribution in [0.4, 0.5) is 17.6 Å². The zero-order valence-electron chi connectivity index (χ0n) is 15.6. The van der Waals surface area contributed by atoms with E-state index < -0.39 is 0 Å². The first-order valence-corrected chi connectivity index (χ1v) is 9.40. The molecule has 1 aromatic heterocycles. The van der Waals surface area contributed by atoms with Crippen LogP contribution in [0.3, 0.4) is 0 Å². The fourth-order valence-electron chi connectivity index (χ4n) is 3.07. The minimum atomic E-state index is 0.228. The summed E-state index contributed by atoms with van der Waals surface area (Å²) in [6, 6.07) is 8.74. The molecule has 0 saturated carbocycles. The zero-order valence-corrected chi connectivity index (χ0v) is 15.6. The van der Waals surface area contributed by atoms with Crippen molar-refractivity contribution >= 4 is 23.8 Å². The molecule has 1 aromatic carbocycles. The number of aromatic nitrogens is 2. The molecular weight excluding hydrogens is 360 g/mol. The van der Waals surface area contributed by atoms with Gasteiger partial charge in [0.15, 0.2) is 5.82 Å². The third-order valence-electron chi connectivity index (χ3n) is 4.62. The van der Waals surface area contributed by atoms with E-state index in [1.807, 2.05) is 6.07 Å². The van der Waals surface area contributed by atoms with Crippen LogP contribution in [0.15, 0.2) is 35.4 Å². The lowest BCUT2D eigenvalue weighted by Crippen LogP contribution is -2.39. The van der Waals surface area contributed by atoms with Crippen LogP contribution in [0.25, 0.3) is 0 Å². The minimum absolute atomic E-state index is 0.228. The van der Waals surface area contributed by atoms with Crippen molar-refractivity contribution < 1.29 is 14.6 Å². The molecule has 0 atom stereocenters. The lowest BCUT2D eigenvalue weighted by Gasteiger charge is -2.31. The highest BCUT2D eigenvalue weighted by Gasteiger charge is 2.19. The molecule has 0 unspecified atom stereocenters. The Morgan fingerprint density at radius 1 is 0.929 bits per heavy atom. The number of nitrogens with zero attached hydrogens (tertiary/aromatic N) is 5. The average Bonchev–Trinajstić information content (AvgIpc) is 2.76. The Morgan fingerprint density at radius 3 is 2.25 bits per heavy atom. The van der Waals surface area contributed by atoms with E-state index in [0.717, 1.165) is 37.6 Å². The fourth-order valence-corrected chi connectivity index (χ4v) is 3.07. The summed E-state index contributed by atoms with van der Waals surface area (Å²) < 4.78 is 10.9. The second kappa shape index (κ2) is 8.85. The van der Waals surface area contributed by atoms with Crippen molar-refractivity contribution in [1.82, 2.24) is 9.97 Å². The molecule has 2 aliphatic heterocycles. The number of aromatic hydroxyl groups is 1. The predicted octanol–water partition coefficient (Wildman–Crippen LogP) is 1.30. The molecule has 9 heteroatoms. The van der Waals surface area contributed by atoms with Gasteiger partial charge in [-0.05, 0) is 29.8 Å². The van der Waals surface area contributed by atoms with Gasteiger partial charge in [-0.25, -0.2) is 0 Å². The van der Waals surface area contributed by atoms with Crippen molar-refractivity contribution in [3.05, 3.63) is 35.9 Å². The predicted molar refractivity (Wildman–Crippen MR) is 107 cm³/mol. The van der Waals surface area contributed by atoms with Gasteiger partial charge >= 0.3 is 0 Å². The van der Waals surface area contributed by atoms with Crippen LogP contribution in [0.5, 0.6) is 5.75 Å². The number of nitrogens with one attached hydrogen (secondary N) is 1. The second-order valence-corrected chi connectivity index (χ2v) is 6.57. The van der Waals surface area contributed by atoms with E-state index in [1.54, 1.807) is 30.5 Å². The third-order valence-corrected chi connectivity index (χ3v) is 4.62. The number of morpholine rings is 2. The highest BCUT2D eigenvalue weighted by Crippen LogP contribution is 2.22. The largest absolute Gasteiger partial charge is 0.508 e. The van der Waals surface area contributed by atoms with Crippen molar-refractivity contribution in [2.75, 3.05) is 67.8 Å². The maximum absolute atomic E-state index is 9.36. The average molecular weight is 384 g/mol. The van der Waals surface area contributed by atoms with E-state index in [1.165, 1.54) is 0 Å². The summed E-state index contributed by atoms with van der Waals surface area (Å²) in [5, 5.41) is 13.6. The molecule has 2 aromatic rings. The Labute approximate surface area is 163 Å². The molecule has 2 fully saturated rings. The van der Waals surface area contributed by atoms with E-state index in [2.05, 4.69) is 25.3 Å². The molecular formula is C19H24N6O3. The van der Waals surface area contributed by atoms with E-state index in [4.69, 9.17) is 14.5 Å². The molecule has 0 aliphatic carbocycles. The maximum Gasteiger partial charge on any atom is 0.229 e. The van der Waals surface area contributed by atoms with E-state index in [9.17, 15) is 5.11 Å². The van der Waals surface area contributed by atoms with Gasteiger partial charge < -0.3 is 24.4 Å². The molecule has 0 radical (unpaired) electrons. The molecule has 2 N–H and O–H groups in total. The van der Waals surface area contributed by atoms with Gasteiger partial charge in [0.2, 0.25) is 5.95 Å². The number of rotatable bonds is 5. The number of benzene rings is 1. The van der Waals surface area contributed by atoms with Crippen molar-refractivity contribution in [2.24, 2.45) is 5.10 Å². The van der Waals surface area contributed by atoms with Crippen LogP contribution in [0.1, 0.15) is 5.56 Å². The molecule has 148 valence electrons. The number of phenols is 1. The van der Waals surface area contributed by atoms with Crippen molar-refractivity contribution in [2.45, 2.75) is 0 Å². The van der Waals surface area contributed by atoms with Gasteiger partial charge in [-0.15, -0.1) is 0 Å². The van der Waals surface area contributed by atoms with Gasteiger partial charge in [0.05, 0.1) is 32.6 Å². The smallest absolute Gasteiger partial charge is 0.229 e. The summed E-state index contributed by atoms with van der Waals surface area (Å²) in [6.45, 7) is 5.87. The number of hydrazone groups is 1. The van der Waals surface area contributed by atoms with Crippen LogP contribution in [-0.4, -0.2) is 73.9 Å². The van der Waals surface area contributed by atoms with Crippen LogP contribution < -0.4 is 15.2 Å². The van der Waals surface area contributed by atoms with E-state index in [0.29, 0.717) is 38.2 Å². The summed E-state index contributed by atoms with van der Waals surface area (Å²) in [7, 11) is 0. The Hall–Kier alpha value is -2.91. The van der Waals surface area contributed by atoms with Crippen LogP contribution >= 0.6 is 0 Å². The fraction of sp³-hybridized carbons (Fsp3) is 0.421. The van der Waals surface area contributed by atoms with Crippen molar-refractivity contribution in [1.29, 1.82) is 0 Å². The Bertz CT molecular complexity index is 766. The zero-order chi connectivity index (χ0) is 19.2. The maximum atomic E-state index is 9.36. The number of hydrogen-bond acceptors (Lipinski definition) is 9. The molecule has 0 spiro atoms. The number of anilines is 3. The topological polar surface area (TPSA) is 95.3 Å². The Kier molecular flexibility index (Phi) is 5.83. The molecule has 3 heterocycles. The Balaban J connectivity index is 1.54. The molecule has 0 bridgehead atoms. The molecule has 2 aliphatic rings. The standard InChI is InChI=1S/C19H24N6O3/c26-16-3-1-15(2-4-16)14-20-23-17-13-18(24-5-9-27-10-6-24)22-19(21-17)25-7-11-28-12-8-25/h1-4,13-14,26H,5-12H2,(H,21,22,23). The quantitative estimate of drug-likeness (QED) is 0.588. The minimum Gasteiger partial charge on any atom is -0.508 e. The second-order valence-electron chi connectivity index (χ2n) is 6.57. The van der Waals surface area contributed by atoms with Gasteiger partial charge in [0.25, 0.3) is 0 Å². The summed E-state index contributed by atoms with van der Waals surface area (Å²) in [4.78, 5) is 13.7. The molecule has 9 nitrogen and oxygen atoms in total. The van der Waals surface area contributed by atoms with Gasteiger partial charge in [-0.2, -0.15) is 15.1 Å². The molecule has 28 heavy (non-hydrogen) atoms. The van der Waals surface area contributed by atoms with Gasteiger partial charge in [-0.3, -0.25) is 5.43 Å². The first-order chi connectivity index (χ1) is 13.8. The first kappa shape index (κ1) is 18.5. The third kappa shape index (κ3) is 4.68. The van der Waals surface area contributed by atoms with Gasteiger partial charge in [-0.1, -0.05) is 0 Å². The SMILES string of the molecule is Oc1ccc(C=NNc2cc(N3CCOCC3)nc(N3CCOCC3)n2)cc1. The van der Waals surface area contributed by atoms with Crippen molar-refractivity contribution in [3.8, 4) is 5.75 Å². The van der Waals surface area contributed by atoms with Crippen LogP contribution in [0, 0.1) is 0 Å². The summed E-state index contributed by atoms with van der Waals surface area (Å²) in [5.74, 6) is 2.40. The summed E-state index contributed by atoms with van der Waals surface area (Å²) in [5.41, 5.74) is 3.88. The Morgan fingerprint density at radius 2 is 1.57 bits per heavy atom. The van der Waals surface area contributed by atoms with Crippen molar-refractivity contribution in [3.63, 3.8) is 0 Å². The van der Waals surface area contributed by atoms with E-state index >= 15 is 0 Å². The normalized spacial score (nSPS) is 17.9. The highest BCUT2D eigenvalue weighted by molar-refractivity contribution is 5.80. The molecule has 4 rings (SSSR count). The van der Waals surface area contributed by atoms with Gasteiger partial charge in [0.1, 0.15) is 11.6 Å². The summed E-state index contributed by atoms with van der Waals surface area (Å²) >= 11 is 0. The van der Waals surface area contributed by atoms with E-state index in [-0.39, 0.29) is 5.75 Å². The molecule has 2 saturated heterocycles. The summed E-state index contributed by atoms with van der Waals surface area (Å²) in [6.07, 6.45) is 1.68. The lowest BCUT2D eigenvalue weighted by molar-refractivity contribution is 0.121. The van der Waals surface area contributed by atoms with Gasteiger partial charge in [0, 0.05) is 32.2 Å².